The average molecular weight is 265 g/mol. The molecule has 1 atom stereocenters. The molecule has 0 saturated carbocycles. The molecule has 2 rings (SSSR count). The predicted molar refractivity (Wildman–Crippen MR) is 71.2 cm³/mol. The fourth-order valence-corrected chi connectivity index (χ4v) is 2.02. The zero-order valence-electron chi connectivity index (χ0n) is 11.1. The van der Waals surface area contributed by atoms with Gasteiger partial charge in [-0.1, -0.05) is 6.07 Å². The van der Waals surface area contributed by atoms with Crippen molar-refractivity contribution in [1.82, 2.24) is 0 Å². The number of rotatable bonds is 5. The van der Waals surface area contributed by atoms with Crippen LogP contribution in [0.4, 0.5) is 5.69 Å². The molecule has 19 heavy (non-hydrogen) atoms. The van der Waals surface area contributed by atoms with E-state index < -0.39 is 5.97 Å². The van der Waals surface area contributed by atoms with E-state index in [0.29, 0.717) is 36.8 Å². The number of nitrogens with two attached hydrogens (primary N) is 1. The van der Waals surface area contributed by atoms with Gasteiger partial charge in [-0.15, -0.1) is 0 Å². The molecule has 0 amide bonds. The first-order valence-electron chi connectivity index (χ1n) is 6.48. The second-order valence-corrected chi connectivity index (χ2v) is 4.48. The van der Waals surface area contributed by atoms with Crippen LogP contribution in [0.5, 0.6) is 5.75 Å². The molecule has 1 aromatic carbocycles. The lowest BCUT2D eigenvalue weighted by molar-refractivity contribution is 0.0425. The number of hydrogen-bond donors (Lipinski definition) is 1. The van der Waals surface area contributed by atoms with Crippen LogP contribution >= 0.6 is 0 Å². The van der Waals surface area contributed by atoms with Gasteiger partial charge in [-0.2, -0.15) is 0 Å². The van der Waals surface area contributed by atoms with Crippen molar-refractivity contribution in [2.45, 2.75) is 13.3 Å². The summed E-state index contributed by atoms with van der Waals surface area (Å²) in [6.07, 6.45) is 0.926. The second-order valence-electron chi connectivity index (χ2n) is 4.48. The summed E-state index contributed by atoms with van der Waals surface area (Å²) in [6, 6.07) is 5.13. The number of carbonyl (C=O) groups excluding carboxylic acids is 1. The largest absolute Gasteiger partial charge is 0.493 e. The molecule has 0 radical (unpaired) electrons. The lowest BCUT2D eigenvalue weighted by Gasteiger charge is -2.13. The van der Waals surface area contributed by atoms with Crippen LogP contribution in [-0.2, 0) is 9.47 Å². The molecule has 1 aliphatic rings. The normalized spacial score (nSPS) is 18.3. The van der Waals surface area contributed by atoms with Crippen molar-refractivity contribution >= 4 is 11.7 Å². The maximum absolute atomic E-state index is 12.1. The molecule has 2 N–H and O–H groups in total. The second kappa shape index (κ2) is 6.43. The quantitative estimate of drug-likeness (QED) is 0.650. The first-order valence-corrected chi connectivity index (χ1v) is 6.48. The topological polar surface area (TPSA) is 70.8 Å². The van der Waals surface area contributed by atoms with Gasteiger partial charge >= 0.3 is 5.97 Å². The minimum Gasteiger partial charge on any atom is -0.493 e. The first-order chi connectivity index (χ1) is 9.22. The number of benzene rings is 1. The Bertz CT molecular complexity index is 441. The summed E-state index contributed by atoms with van der Waals surface area (Å²) in [7, 11) is 0. The Morgan fingerprint density at radius 3 is 3.05 bits per heavy atom. The van der Waals surface area contributed by atoms with Gasteiger partial charge in [0.2, 0.25) is 0 Å². The van der Waals surface area contributed by atoms with Crippen LogP contribution < -0.4 is 10.5 Å². The number of esters is 1. The molecule has 1 saturated heterocycles. The van der Waals surface area contributed by atoms with Gasteiger partial charge in [0, 0.05) is 18.2 Å². The molecule has 0 aliphatic carbocycles. The Kier molecular flexibility index (Phi) is 4.63. The molecule has 1 fully saturated rings. The lowest BCUT2D eigenvalue weighted by Crippen LogP contribution is -2.16. The monoisotopic (exact) mass is 265 g/mol. The summed E-state index contributed by atoms with van der Waals surface area (Å²) >= 11 is 0. The van der Waals surface area contributed by atoms with E-state index >= 15 is 0 Å². The maximum Gasteiger partial charge on any atom is 0.344 e. The van der Waals surface area contributed by atoms with E-state index in [1.54, 1.807) is 18.2 Å². The lowest BCUT2D eigenvalue weighted by atomic mass is 10.1. The number of carbonyl (C=O) groups is 1. The summed E-state index contributed by atoms with van der Waals surface area (Å²) in [6.45, 7) is 4.07. The zero-order chi connectivity index (χ0) is 13.7. The van der Waals surface area contributed by atoms with Crippen LogP contribution in [-0.4, -0.2) is 32.4 Å². The van der Waals surface area contributed by atoms with Crippen LogP contribution in [0.25, 0.3) is 0 Å². The van der Waals surface area contributed by atoms with E-state index in [-0.39, 0.29) is 5.92 Å². The van der Waals surface area contributed by atoms with E-state index in [4.69, 9.17) is 19.9 Å². The van der Waals surface area contributed by atoms with Crippen LogP contribution in [0.15, 0.2) is 18.2 Å². The Balaban J connectivity index is 2.04. The number of anilines is 1. The summed E-state index contributed by atoms with van der Waals surface area (Å²) < 4.78 is 15.9. The summed E-state index contributed by atoms with van der Waals surface area (Å²) in [5, 5.41) is 0. The molecule has 5 nitrogen and oxygen atoms in total. The molecule has 104 valence electrons. The zero-order valence-corrected chi connectivity index (χ0v) is 11.1. The van der Waals surface area contributed by atoms with Crippen molar-refractivity contribution in [2.24, 2.45) is 5.92 Å². The predicted octanol–water partition coefficient (Wildman–Crippen LogP) is 1.86. The average Bonchev–Trinajstić information content (AvgIpc) is 2.90. The van der Waals surface area contributed by atoms with Gasteiger partial charge in [0.15, 0.2) is 0 Å². The summed E-state index contributed by atoms with van der Waals surface area (Å²) in [5.41, 5.74) is 6.51. The van der Waals surface area contributed by atoms with Crippen molar-refractivity contribution in [3.05, 3.63) is 23.8 Å². The summed E-state index contributed by atoms with van der Waals surface area (Å²) in [4.78, 5) is 12.1. The Morgan fingerprint density at radius 1 is 1.53 bits per heavy atom. The van der Waals surface area contributed by atoms with E-state index in [1.165, 1.54) is 0 Å². The van der Waals surface area contributed by atoms with Gasteiger partial charge in [0.05, 0.1) is 19.8 Å². The fourth-order valence-electron chi connectivity index (χ4n) is 2.02. The third-order valence-electron chi connectivity index (χ3n) is 3.04. The van der Waals surface area contributed by atoms with Crippen molar-refractivity contribution in [2.75, 3.05) is 32.2 Å². The molecule has 1 unspecified atom stereocenters. The van der Waals surface area contributed by atoms with E-state index in [0.717, 1.165) is 13.0 Å². The number of ether oxygens (including phenoxy) is 3. The maximum atomic E-state index is 12.1. The highest BCUT2D eigenvalue weighted by molar-refractivity contribution is 5.98. The highest BCUT2D eigenvalue weighted by Crippen LogP contribution is 2.26. The highest BCUT2D eigenvalue weighted by Gasteiger charge is 2.21. The third-order valence-corrected chi connectivity index (χ3v) is 3.04. The molecule has 0 aromatic heterocycles. The number of hydrogen-bond acceptors (Lipinski definition) is 5. The van der Waals surface area contributed by atoms with Crippen molar-refractivity contribution in [3.8, 4) is 5.75 Å². The van der Waals surface area contributed by atoms with Crippen molar-refractivity contribution in [3.63, 3.8) is 0 Å². The Morgan fingerprint density at radius 2 is 2.37 bits per heavy atom. The third kappa shape index (κ3) is 3.38. The minimum absolute atomic E-state index is 0.282. The van der Waals surface area contributed by atoms with Crippen LogP contribution in [0.2, 0.25) is 0 Å². The summed E-state index contributed by atoms with van der Waals surface area (Å²) in [5.74, 6) is 0.313. The van der Waals surface area contributed by atoms with Crippen LogP contribution in [0, 0.1) is 5.92 Å². The minimum atomic E-state index is -0.437. The first kappa shape index (κ1) is 13.7. The Hall–Kier alpha value is -1.75. The van der Waals surface area contributed by atoms with Gasteiger partial charge < -0.3 is 19.9 Å². The molecular formula is C14H19NO4. The van der Waals surface area contributed by atoms with Gasteiger partial charge in [-0.3, -0.25) is 0 Å². The smallest absolute Gasteiger partial charge is 0.344 e. The van der Waals surface area contributed by atoms with E-state index in [1.807, 2.05) is 6.92 Å². The Labute approximate surface area is 112 Å². The molecule has 0 bridgehead atoms. The highest BCUT2D eigenvalue weighted by atomic mass is 16.5. The van der Waals surface area contributed by atoms with E-state index in [2.05, 4.69) is 0 Å². The molecular weight excluding hydrogens is 246 g/mol. The van der Waals surface area contributed by atoms with E-state index in [9.17, 15) is 4.79 Å². The van der Waals surface area contributed by atoms with Gasteiger partial charge in [0.25, 0.3) is 0 Å². The molecule has 1 heterocycles. The molecule has 1 aromatic rings. The molecule has 1 aliphatic heterocycles. The van der Waals surface area contributed by atoms with Gasteiger partial charge in [0.1, 0.15) is 11.3 Å². The van der Waals surface area contributed by atoms with Crippen molar-refractivity contribution < 1.29 is 19.0 Å². The molecule has 5 heteroatoms. The fraction of sp³-hybridized carbons (Fsp3) is 0.500. The standard InChI is InChI=1S/C14H19NO4/c1-2-18-12-5-3-4-11(15)13(12)14(16)19-9-10-6-7-17-8-10/h3-5,10H,2,6-9,15H2,1H3. The molecule has 0 spiro atoms. The number of nitrogen functional groups attached to an aromatic ring is 1. The van der Waals surface area contributed by atoms with Crippen molar-refractivity contribution in [1.29, 1.82) is 0 Å². The van der Waals surface area contributed by atoms with Gasteiger partial charge in [-0.05, 0) is 25.5 Å². The SMILES string of the molecule is CCOc1cccc(N)c1C(=O)OCC1CCOC1. The van der Waals surface area contributed by atoms with Gasteiger partial charge in [-0.25, -0.2) is 4.79 Å². The van der Waals surface area contributed by atoms with Crippen LogP contribution in [0.3, 0.4) is 0 Å². The van der Waals surface area contributed by atoms with Crippen LogP contribution in [0.1, 0.15) is 23.7 Å².